The summed E-state index contributed by atoms with van der Waals surface area (Å²) in [5, 5.41) is 6.20. The highest BCUT2D eigenvalue weighted by atomic mass is 31.2. The van der Waals surface area contributed by atoms with E-state index < -0.39 is 26.3 Å². The third kappa shape index (κ3) is 4.14. The lowest BCUT2D eigenvalue weighted by Gasteiger charge is -2.36. The van der Waals surface area contributed by atoms with Crippen molar-refractivity contribution in [1.29, 1.82) is 0 Å². The van der Waals surface area contributed by atoms with E-state index in [1.165, 1.54) is 0 Å². The molecule has 11 heteroatoms. The molecule has 0 bridgehead atoms. The molecule has 0 amide bonds. The number of Topliss-reactive ketones (excluding diaryl/α,β-unsaturated/α-hetero) is 1. The number of carbonyl (C=O) groups excluding carboxylic acids is 1. The van der Waals surface area contributed by atoms with Crippen molar-refractivity contribution in [3.8, 4) is 0 Å². The van der Waals surface area contributed by atoms with E-state index in [0.29, 0.717) is 0 Å². The van der Waals surface area contributed by atoms with Crippen LogP contribution in [-0.2, 0) is 32.0 Å². The fourth-order valence-corrected chi connectivity index (χ4v) is 8.62. The van der Waals surface area contributed by atoms with Crippen molar-refractivity contribution in [2.24, 2.45) is 16.1 Å². The van der Waals surface area contributed by atoms with Crippen LogP contribution in [0.2, 0.25) is 0 Å². The Labute approximate surface area is 160 Å². The zero-order valence-electron chi connectivity index (χ0n) is 16.5. The highest BCUT2D eigenvalue weighted by Gasteiger charge is 2.70. The molecular weight excluding hydrogens is 394 g/mol. The van der Waals surface area contributed by atoms with E-state index in [0.717, 1.165) is 19.3 Å². The van der Waals surface area contributed by atoms with E-state index in [1.54, 1.807) is 27.7 Å². The number of carbonyl (C=O) groups is 1. The van der Waals surface area contributed by atoms with Crippen LogP contribution in [0.3, 0.4) is 0 Å². The molecule has 1 unspecified atom stereocenters. The molecule has 0 aromatic carbocycles. The van der Waals surface area contributed by atoms with Crippen LogP contribution in [0.25, 0.3) is 0 Å². The van der Waals surface area contributed by atoms with Crippen LogP contribution in [0.1, 0.15) is 53.4 Å². The van der Waals surface area contributed by atoms with E-state index in [9.17, 15) is 13.9 Å². The molecule has 0 spiro atoms. The first kappa shape index (κ1) is 22.9. The molecular formula is C16H30N2O7P2. The van der Waals surface area contributed by atoms with E-state index >= 15 is 0 Å². The summed E-state index contributed by atoms with van der Waals surface area (Å²) in [4.78, 5) is 12.7. The molecule has 1 saturated carbocycles. The predicted molar refractivity (Wildman–Crippen MR) is 100 cm³/mol. The second-order valence-corrected chi connectivity index (χ2v) is 11.3. The quantitative estimate of drug-likeness (QED) is 0.415. The molecule has 156 valence electrons. The largest absolute Gasteiger partial charge is 0.372 e. The molecule has 2 aliphatic rings. The summed E-state index contributed by atoms with van der Waals surface area (Å²) < 4.78 is 49.3. The molecule has 27 heavy (non-hydrogen) atoms. The topological polar surface area (TPSA) is 113 Å². The molecule has 0 N–H and O–H groups in total. The monoisotopic (exact) mass is 424 g/mol. The summed E-state index contributed by atoms with van der Waals surface area (Å²) in [7, 11) is -8.20. The van der Waals surface area contributed by atoms with Crippen LogP contribution in [0.5, 0.6) is 0 Å². The van der Waals surface area contributed by atoms with Crippen molar-refractivity contribution in [1.82, 2.24) is 0 Å². The summed E-state index contributed by atoms with van der Waals surface area (Å²) in [6.07, 6.45) is 2.44. The van der Waals surface area contributed by atoms with Gasteiger partial charge in [-0.05, 0) is 40.5 Å². The summed E-state index contributed by atoms with van der Waals surface area (Å²) >= 11 is 0. The Kier molecular flexibility index (Phi) is 7.94. The first-order valence-electron chi connectivity index (χ1n) is 9.57. The van der Waals surface area contributed by atoms with Gasteiger partial charge in [-0.25, -0.2) is 0 Å². The smallest absolute Gasteiger partial charge is 0.307 e. The highest BCUT2D eigenvalue weighted by molar-refractivity contribution is 7.74. The van der Waals surface area contributed by atoms with Gasteiger partial charge < -0.3 is 18.1 Å². The fourth-order valence-electron chi connectivity index (χ4n) is 3.28. The second-order valence-electron chi connectivity index (χ2n) is 6.41. The van der Waals surface area contributed by atoms with Crippen molar-refractivity contribution in [3.63, 3.8) is 0 Å². The maximum Gasteiger partial charge on any atom is 0.372 e. The predicted octanol–water partition coefficient (Wildman–Crippen LogP) is 4.77. The zero-order chi connectivity index (χ0) is 20.1. The average molecular weight is 424 g/mol. The number of ketones is 1. The Morgan fingerprint density at radius 3 is 1.70 bits per heavy atom. The van der Waals surface area contributed by atoms with Crippen LogP contribution in [0.4, 0.5) is 0 Å². The van der Waals surface area contributed by atoms with Gasteiger partial charge in [0.1, 0.15) is 6.04 Å². The Hall–Kier alpha value is -0.430. The van der Waals surface area contributed by atoms with Gasteiger partial charge in [-0.3, -0.25) is 13.9 Å². The van der Waals surface area contributed by atoms with Crippen LogP contribution < -0.4 is 0 Å². The number of hydrogen-bond donors (Lipinski definition) is 0. The normalized spacial score (nSPS) is 22.7. The fraction of sp³-hybridized carbons (Fsp3) is 0.938. The first-order valence-corrected chi connectivity index (χ1v) is 12.7. The zero-order valence-corrected chi connectivity index (χ0v) is 18.2. The summed E-state index contributed by atoms with van der Waals surface area (Å²) in [6.45, 7) is 6.79. The molecule has 2 rings (SSSR count). The highest BCUT2D eigenvalue weighted by Crippen LogP contribution is 2.81. The van der Waals surface area contributed by atoms with Gasteiger partial charge in [0.2, 0.25) is 0 Å². The molecule has 1 atom stereocenters. The molecule has 1 aliphatic heterocycles. The van der Waals surface area contributed by atoms with Crippen LogP contribution in [0.15, 0.2) is 10.2 Å². The van der Waals surface area contributed by atoms with Gasteiger partial charge >= 0.3 is 15.2 Å². The first-order chi connectivity index (χ1) is 12.8. The van der Waals surface area contributed by atoms with Gasteiger partial charge in [0, 0.05) is 12.3 Å². The molecule has 1 aliphatic carbocycles. The van der Waals surface area contributed by atoms with Crippen LogP contribution in [-0.4, -0.2) is 43.3 Å². The van der Waals surface area contributed by atoms with Gasteiger partial charge in [-0.15, -0.1) is 0 Å². The molecule has 0 aromatic heterocycles. The molecule has 1 fully saturated rings. The Morgan fingerprint density at radius 1 is 0.926 bits per heavy atom. The van der Waals surface area contributed by atoms with Crippen molar-refractivity contribution in [3.05, 3.63) is 0 Å². The van der Waals surface area contributed by atoms with Crippen molar-refractivity contribution in [2.45, 2.75) is 64.4 Å². The number of hydrogen-bond acceptors (Lipinski definition) is 9. The minimum Gasteiger partial charge on any atom is -0.307 e. The lowest BCUT2D eigenvalue weighted by Crippen LogP contribution is -2.36. The van der Waals surface area contributed by atoms with Crippen LogP contribution >= 0.6 is 15.2 Å². The summed E-state index contributed by atoms with van der Waals surface area (Å²) in [5.41, 5.74) is 0. The van der Waals surface area contributed by atoms with Crippen molar-refractivity contribution < 1.29 is 32.0 Å². The number of azo groups is 1. The molecule has 0 aromatic rings. The van der Waals surface area contributed by atoms with E-state index in [4.69, 9.17) is 18.1 Å². The molecule has 0 saturated heterocycles. The van der Waals surface area contributed by atoms with E-state index in [2.05, 4.69) is 10.2 Å². The van der Waals surface area contributed by atoms with E-state index in [-0.39, 0.29) is 44.5 Å². The van der Waals surface area contributed by atoms with Gasteiger partial charge in [-0.2, -0.15) is 10.2 Å². The summed E-state index contributed by atoms with van der Waals surface area (Å²) in [5.74, 6) is -0.159. The standard InChI is InChI=1S/C16H30N2O7P2/c1-5-22-26(20,23-6-2)16(27(21,24-7-3)25-8-4)12-14(17-18-16)15(19)13-10-9-11-13/h13-14H,5-12H2,1-4H3. The molecule has 9 nitrogen and oxygen atoms in total. The summed E-state index contributed by atoms with van der Waals surface area (Å²) in [6, 6.07) is -0.848. The average Bonchev–Trinajstić information content (AvgIpc) is 3.02. The van der Waals surface area contributed by atoms with E-state index in [1.807, 2.05) is 0 Å². The third-order valence-corrected chi connectivity index (χ3v) is 10.9. The van der Waals surface area contributed by atoms with Crippen LogP contribution in [0, 0.1) is 5.92 Å². The maximum atomic E-state index is 13.7. The number of rotatable bonds is 12. The van der Waals surface area contributed by atoms with Gasteiger partial charge in [0.25, 0.3) is 5.02 Å². The molecule has 0 radical (unpaired) electrons. The Balaban J connectivity index is 2.49. The van der Waals surface area contributed by atoms with Gasteiger partial charge in [0.05, 0.1) is 26.4 Å². The SMILES string of the molecule is CCOP(=O)(OCC)C1(P(=O)(OCC)OCC)CC(C(=O)C2CCC2)N=N1. The van der Waals surface area contributed by atoms with Gasteiger partial charge in [0.15, 0.2) is 5.78 Å². The van der Waals surface area contributed by atoms with Gasteiger partial charge in [-0.1, -0.05) is 6.42 Å². The maximum absolute atomic E-state index is 13.7. The lowest BCUT2D eigenvalue weighted by molar-refractivity contribution is -0.126. The Bertz CT molecular complexity index is 601. The van der Waals surface area contributed by atoms with Crippen molar-refractivity contribution in [2.75, 3.05) is 26.4 Å². The minimum absolute atomic E-state index is 0.0496. The molecule has 1 heterocycles. The van der Waals surface area contributed by atoms with Crippen molar-refractivity contribution >= 4 is 21.0 Å². The Morgan fingerprint density at radius 2 is 1.37 bits per heavy atom. The number of nitrogens with zero attached hydrogens (tertiary/aromatic N) is 2. The third-order valence-electron chi connectivity index (χ3n) is 4.73. The lowest BCUT2D eigenvalue weighted by atomic mass is 9.79. The second kappa shape index (κ2) is 9.38. The minimum atomic E-state index is -4.10.